The number of hydrogen-bond donors (Lipinski definition) is 5. The van der Waals surface area contributed by atoms with Gasteiger partial charge in [0.2, 0.25) is 0 Å². The molecular formula is C5H10N5NbS10. The van der Waals surface area contributed by atoms with Crippen LogP contribution in [0.2, 0.25) is 0 Å². The van der Waals surface area contributed by atoms with E-state index in [4.69, 9.17) is 0 Å². The van der Waals surface area contributed by atoms with Gasteiger partial charge in [-0.1, -0.05) is 21.6 Å². The molecule has 0 aromatic carbocycles. The van der Waals surface area contributed by atoms with Crippen molar-refractivity contribution in [1.29, 1.82) is 0 Å². The number of hydrogen-bond acceptors (Lipinski definition) is 10. The summed E-state index contributed by atoms with van der Waals surface area (Å²) in [5, 5.41) is 0. The van der Waals surface area contributed by atoms with E-state index in [1.54, 1.807) is 0 Å². The van der Waals surface area contributed by atoms with Crippen LogP contribution in [0.15, 0.2) is 0 Å². The summed E-state index contributed by atoms with van der Waals surface area (Å²) in [6.45, 7) is 0. The Hall–Kier alpha value is 1.29. The molecule has 5 nitrogen and oxygen atoms in total. The first-order valence-electron chi connectivity index (χ1n) is 3.48. The maximum atomic E-state index is 4.66. The van der Waals surface area contributed by atoms with Crippen molar-refractivity contribution >= 4 is 146 Å². The van der Waals surface area contributed by atoms with E-state index in [-0.39, 0.29) is 44.0 Å². The van der Waals surface area contributed by atoms with Crippen LogP contribution < -0.4 is 28.7 Å². The SMILES string of the molecule is NC(=S)[S-].NC(=S)[S-].NC(=S)[S-].NC(=S)[S-].NC(=S)[S-].[Nb+5]. The zero-order valence-electron chi connectivity index (χ0n) is 9.92. The molecule has 0 unspecified atom stereocenters. The fraction of sp³-hybridized carbons (Fsp3) is 0. The second kappa shape index (κ2) is 33.0. The van der Waals surface area contributed by atoms with Gasteiger partial charge in [-0.15, -0.1) is 0 Å². The van der Waals surface area contributed by atoms with Crippen molar-refractivity contribution in [3.63, 3.8) is 0 Å². The Morgan fingerprint density at radius 1 is 0.429 bits per heavy atom. The van der Waals surface area contributed by atoms with Crippen molar-refractivity contribution in [1.82, 2.24) is 0 Å². The fourth-order valence-corrected chi connectivity index (χ4v) is 0. The molecule has 10 N–H and O–H groups in total. The third kappa shape index (κ3) is 4760. The fourth-order valence-electron chi connectivity index (χ4n) is 0. The topological polar surface area (TPSA) is 130 Å². The Bertz CT molecular complexity index is 221. The van der Waals surface area contributed by atoms with Crippen LogP contribution in [0.4, 0.5) is 0 Å². The van der Waals surface area contributed by atoms with Gasteiger partial charge in [0.25, 0.3) is 0 Å². The van der Waals surface area contributed by atoms with Crippen molar-refractivity contribution in [2.75, 3.05) is 0 Å². The molecule has 21 heavy (non-hydrogen) atoms. The molecule has 0 spiro atoms. The Labute approximate surface area is 194 Å². The van der Waals surface area contributed by atoms with Crippen LogP contribution >= 0.6 is 61.1 Å². The molecule has 0 aliphatic rings. The van der Waals surface area contributed by atoms with E-state index in [9.17, 15) is 0 Å². The third-order valence-corrected chi connectivity index (χ3v) is 0. The molecule has 0 aromatic heterocycles. The van der Waals surface area contributed by atoms with Gasteiger partial charge in [-0.25, -0.2) is 0 Å². The molecule has 0 atom stereocenters. The van der Waals surface area contributed by atoms with Crippen molar-refractivity contribution in [3.05, 3.63) is 0 Å². The summed E-state index contributed by atoms with van der Waals surface area (Å²) in [4.78, 5) is 0. The predicted octanol–water partition coefficient (Wildman–Crippen LogP) is -1.12. The molecule has 120 valence electrons. The molecular weight excluding hydrogens is 544 g/mol. The quantitative estimate of drug-likeness (QED) is 0.141. The van der Waals surface area contributed by atoms with Gasteiger partial charge in [-0.05, 0) is 0 Å². The standard InChI is InChI=1S/5CH3NS2.Nb/c5*2-1(3)4;/h5*(H3,2,3,4);/q;;;;;+5/p-5. The van der Waals surface area contributed by atoms with Crippen LogP contribution in [0.25, 0.3) is 0 Å². The van der Waals surface area contributed by atoms with Crippen molar-refractivity contribution in [2.24, 2.45) is 28.7 Å². The maximum absolute atomic E-state index is 4.66. The Kier molecular flexibility index (Phi) is 59.9. The van der Waals surface area contributed by atoms with Crippen LogP contribution in [0, 0.1) is 0 Å². The largest absolute Gasteiger partial charge is 5.00 e. The summed E-state index contributed by atoms with van der Waals surface area (Å²) in [6, 6.07) is 0. The van der Waals surface area contributed by atoms with E-state index < -0.39 is 0 Å². The molecule has 0 radical (unpaired) electrons. The van der Waals surface area contributed by atoms with E-state index in [0.717, 1.165) is 0 Å². The smallest absolute Gasteiger partial charge is 0.415 e. The molecule has 0 amide bonds. The first kappa shape index (κ1) is 38.1. The normalized spacial score (nSPS) is 5.71. The predicted molar refractivity (Wildman–Crippen MR) is 121 cm³/mol. The van der Waals surface area contributed by atoms with Gasteiger partial charge in [-0.3, -0.25) is 0 Å². The number of nitrogens with two attached hydrogens (primary N) is 5. The summed E-state index contributed by atoms with van der Waals surface area (Å²) >= 11 is 41.3. The molecule has 0 bridgehead atoms. The minimum absolute atomic E-state index is 0. The van der Waals surface area contributed by atoms with Gasteiger partial charge < -0.3 is 153 Å². The Morgan fingerprint density at radius 3 is 0.429 bits per heavy atom. The summed E-state index contributed by atoms with van der Waals surface area (Å²) in [5.74, 6) is 0. The summed E-state index contributed by atoms with van der Waals surface area (Å²) < 4.78 is 0.417. The second-order valence-electron chi connectivity index (χ2n) is 1.60. The third-order valence-electron chi connectivity index (χ3n) is 0. The molecule has 0 aliphatic heterocycles. The first-order valence-corrected chi connectivity index (χ1v) is 7.57. The molecule has 0 heterocycles. The van der Waals surface area contributed by atoms with Gasteiger partial charge in [0.05, 0.1) is 0 Å². The number of thiocarbonyl (C=S) groups is 5. The van der Waals surface area contributed by atoms with Crippen molar-refractivity contribution in [3.8, 4) is 0 Å². The summed E-state index contributed by atoms with van der Waals surface area (Å²) in [5.41, 5.74) is 23.3. The van der Waals surface area contributed by atoms with Crippen LogP contribution in [0.5, 0.6) is 0 Å². The minimum Gasteiger partial charge on any atom is -0.415 e. The average Bonchev–Trinajstić information content (AvgIpc) is 1.94. The van der Waals surface area contributed by atoms with Gasteiger partial charge in [0, 0.05) is 0 Å². The Morgan fingerprint density at radius 2 is 0.429 bits per heavy atom. The van der Waals surface area contributed by atoms with E-state index in [0.29, 0.717) is 0 Å². The molecule has 16 heteroatoms. The van der Waals surface area contributed by atoms with Crippen LogP contribution in [0.1, 0.15) is 0 Å². The summed E-state index contributed by atoms with van der Waals surface area (Å²) in [7, 11) is 0. The molecule has 0 rings (SSSR count). The van der Waals surface area contributed by atoms with E-state index >= 15 is 0 Å². The molecule has 0 fully saturated rings. The Balaban J connectivity index is -0.0000000331. The monoisotopic (exact) mass is 553 g/mol. The zero-order chi connectivity index (χ0) is 17.9. The maximum Gasteiger partial charge on any atom is 5.00 e. The van der Waals surface area contributed by atoms with Crippen molar-refractivity contribution < 1.29 is 22.4 Å². The van der Waals surface area contributed by atoms with E-state index in [1.165, 1.54) is 0 Å². The molecule has 0 saturated heterocycles. The molecule has 0 saturated carbocycles. The summed E-state index contributed by atoms with van der Waals surface area (Å²) in [6.07, 6.45) is 0. The van der Waals surface area contributed by atoms with Crippen molar-refractivity contribution in [2.45, 2.75) is 0 Å². The zero-order valence-corrected chi connectivity index (χ0v) is 20.3. The van der Waals surface area contributed by atoms with E-state index in [1.807, 2.05) is 0 Å². The van der Waals surface area contributed by atoms with Gasteiger partial charge in [0.15, 0.2) is 0 Å². The van der Waals surface area contributed by atoms with Crippen LogP contribution in [-0.4, -0.2) is 21.6 Å². The van der Waals surface area contributed by atoms with Crippen LogP contribution in [0.3, 0.4) is 0 Å². The first-order chi connectivity index (χ1) is 8.66. The molecule has 0 aromatic rings. The van der Waals surface area contributed by atoms with Gasteiger partial charge in [-0.2, -0.15) is 0 Å². The minimum atomic E-state index is 0. The average molecular weight is 554 g/mol. The molecule has 0 aliphatic carbocycles. The van der Waals surface area contributed by atoms with E-state index in [2.05, 4.69) is 153 Å². The van der Waals surface area contributed by atoms with Gasteiger partial charge in [0.1, 0.15) is 0 Å². The van der Waals surface area contributed by atoms with Gasteiger partial charge >= 0.3 is 22.4 Å². The number of rotatable bonds is 0. The van der Waals surface area contributed by atoms with Crippen LogP contribution in [-0.2, 0) is 85.5 Å². The second-order valence-corrected chi connectivity index (χ2v) is 7.29.